The normalized spacial score (nSPS) is 17.3. The molecule has 2 aliphatic rings. The van der Waals surface area contributed by atoms with E-state index in [9.17, 15) is 4.79 Å². The number of fused-ring (bicyclic) bond motifs is 1. The predicted molar refractivity (Wildman–Crippen MR) is 39.4 cm³/mol. The number of nitriles is 1. The summed E-state index contributed by atoms with van der Waals surface area (Å²) in [7, 11) is 0. The molecule has 0 aromatic heterocycles. The number of ketones is 1. The summed E-state index contributed by atoms with van der Waals surface area (Å²) in [6.45, 7) is 0. The highest BCUT2D eigenvalue weighted by Crippen LogP contribution is 2.24. The summed E-state index contributed by atoms with van der Waals surface area (Å²) in [5.41, 5.74) is 0.335. The average Bonchev–Trinajstić information content (AvgIpc) is 2.62. The summed E-state index contributed by atoms with van der Waals surface area (Å²) in [5, 5.41) is 25.8. The molecule has 0 spiro atoms. The van der Waals surface area contributed by atoms with Gasteiger partial charge in [0.2, 0.25) is 5.84 Å². The van der Waals surface area contributed by atoms with Crippen LogP contribution in [0.15, 0.2) is 37.1 Å². The summed E-state index contributed by atoms with van der Waals surface area (Å²) in [6, 6.07) is 1.73. The van der Waals surface area contributed by atoms with Gasteiger partial charge in [-0.25, -0.2) is 0 Å². The molecule has 0 N–H and O–H groups in total. The summed E-state index contributed by atoms with van der Waals surface area (Å²) in [6.07, 6.45) is -0.235. The molecule has 7 nitrogen and oxygen atoms in total. The highest BCUT2D eigenvalue weighted by atomic mass is 16.1. The lowest BCUT2D eigenvalue weighted by molar-refractivity contribution is -0.114. The minimum absolute atomic E-state index is 0.0709. The Morgan fingerprint density at radius 1 is 1.38 bits per heavy atom. The zero-order chi connectivity index (χ0) is 9.26. The second-order valence-electron chi connectivity index (χ2n) is 2.27. The van der Waals surface area contributed by atoms with Crippen molar-refractivity contribution in [2.45, 2.75) is 6.42 Å². The molecule has 0 aromatic rings. The van der Waals surface area contributed by atoms with E-state index in [1.54, 1.807) is 6.07 Å². The van der Waals surface area contributed by atoms with Crippen molar-refractivity contribution in [3.8, 4) is 6.07 Å². The quantitative estimate of drug-likeness (QED) is 0.621. The van der Waals surface area contributed by atoms with Gasteiger partial charge in [-0.15, -0.1) is 20.4 Å². The Kier molecular flexibility index (Phi) is 1.53. The average molecular weight is 174 g/mol. The van der Waals surface area contributed by atoms with Crippen LogP contribution in [0, 0.1) is 11.3 Å². The van der Waals surface area contributed by atoms with Gasteiger partial charge in [0.1, 0.15) is 6.42 Å². The van der Waals surface area contributed by atoms with Crippen LogP contribution in [0.25, 0.3) is 0 Å². The second kappa shape index (κ2) is 2.67. The van der Waals surface area contributed by atoms with Crippen LogP contribution in [-0.2, 0) is 4.79 Å². The van der Waals surface area contributed by atoms with Gasteiger partial charge < -0.3 is 0 Å². The molecule has 62 valence electrons. The van der Waals surface area contributed by atoms with Crippen molar-refractivity contribution in [2.75, 3.05) is 0 Å². The summed E-state index contributed by atoms with van der Waals surface area (Å²) in [5.74, 6) is -0.173. The smallest absolute Gasteiger partial charge is 0.228 e. The number of Topliss-reactive ketones (excluding diaryl/α,β-unsaturated/α-hetero) is 1. The third kappa shape index (κ3) is 1.04. The maximum Gasteiger partial charge on any atom is 0.228 e. The Morgan fingerprint density at radius 3 is 3.00 bits per heavy atom. The van der Waals surface area contributed by atoms with E-state index in [1.807, 2.05) is 0 Å². The second-order valence-corrected chi connectivity index (χ2v) is 2.27. The molecule has 2 heterocycles. The first kappa shape index (κ1) is 7.42. The van der Waals surface area contributed by atoms with Crippen molar-refractivity contribution in [3.05, 3.63) is 11.4 Å². The van der Waals surface area contributed by atoms with Crippen molar-refractivity contribution >= 4 is 11.6 Å². The molecule has 2 rings (SSSR count). The van der Waals surface area contributed by atoms with Crippen LogP contribution >= 0.6 is 0 Å². The van der Waals surface area contributed by atoms with Gasteiger partial charge in [-0.1, -0.05) is 0 Å². The molecule has 13 heavy (non-hydrogen) atoms. The number of carbonyl (C=O) groups is 1. The van der Waals surface area contributed by atoms with Gasteiger partial charge in [0.25, 0.3) is 0 Å². The van der Waals surface area contributed by atoms with Gasteiger partial charge in [0.05, 0.1) is 6.07 Å². The number of amidine groups is 1. The first-order valence-corrected chi connectivity index (χ1v) is 3.38. The Labute approximate surface area is 72.2 Å². The van der Waals surface area contributed by atoms with Crippen LogP contribution in [-0.4, -0.2) is 11.6 Å². The summed E-state index contributed by atoms with van der Waals surface area (Å²) in [4.78, 5) is 11.2. The Bertz CT molecular complexity index is 435. The maximum atomic E-state index is 11.2. The van der Waals surface area contributed by atoms with Crippen LogP contribution in [0.3, 0.4) is 0 Å². The molecule has 0 saturated heterocycles. The van der Waals surface area contributed by atoms with Gasteiger partial charge in [-0.2, -0.15) is 5.26 Å². The van der Waals surface area contributed by atoms with Crippen molar-refractivity contribution in [2.24, 2.45) is 25.7 Å². The lowest BCUT2D eigenvalue weighted by atomic mass is 10.2. The molecular formula is C6H2N6O. The Morgan fingerprint density at radius 2 is 2.23 bits per heavy atom. The van der Waals surface area contributed by atoms with Crippen molar-refractivity contribution in [3.63, 3.8) is 0 Å². The molecule has 0 bridgehead atoms. The third-order valence-electron chi connectivity index (χ3n) is 1.47. The van der Waals surface area contributed by atoms with Gasteiger partial charge >= 0.3 is 0 Å². The number of allylic oxidation sites excluding steroid dienone is 1. The molecule has 0 radical (unpaired) electrons. The molecule has 0 aliphatic carbocycles. The lowest BCUT2D eigenvalue weighted by Gasteiger charge is -1.89. The van der Waals surface area contributed by atoms with Gasteiger partial charge in [0, 0.05) is 0 Å². The van der Waals surface area contributed by atoms with Crippen LogP contribution in [0.2, 0.25) is 0 Å². The van der Waals surface area contributed by atoms with E-state index < -0.39 is 5.78 Å². The number of rotatable bonds is 2. The maximum absolute atomic E-state index is 11.2. The topological polar surface area (TPSA) is 103 Å². The highest BCUT2D eigenvalue weighted by Gasteiger charge is 2.27. The number of hydrogen-bond acceptors (Lipinski definition) is 7. The summed E-state index contributed by atoms with van der Waals surface area (Å²) < 4.78 is 0. The minimum Gasteiger partial charge on any atom is -0.291 e. The SMILES string of the molecule is N#CCC(=O)C1=C2N=NN=C2N=N1. The van der Waals surface area contributed by atoms with E-state index in [0.717, 1.165) is 0 Å². The van der Waals surface area contributed by atoms with Gasteiger partial charge in [0.15, 0.2) is 17.2 Å². The van der Waals surface area contributed by atoms with Crippen molar-refractivity contribution in [1.29, 1.82) is 5.26 Å². The number of azo groups is 1. The molecule has 7 heteroatoms. The molecule has 0 atom stereocenters. The van der Waals surface area contributed by atoms with Crippen molar-refractivity contribution < 1.29 is 4.79 Å². The van der Waals surface area contributed by atoms with E-state index in [-0.39, 0.29) is 23.7 Å². The lowest BCUT2D eigenvalue weighted by Crippen LogP contribution is -2.00. The first-order valence-electron chi connectivity index (χ1n) is 3.38. The van der Waals surface area contributed by atoms with Gasteiger partial charge in [-0.05, 0) is 5.22 Å². The van der Waals surface area contributed by atoms with Gasteiger partial charge in [-0.3, -0.25) is 4.79 Å². The molecule has 0 fully saturated rings. The van der Waals surface area contributed by atoms with E-state index in [0.29, 0.717) is 0 Å². The van der Waals surface area contributed by atoms with Crippen LogP contribution in [0.1, 0.15) is 6.42 Å². The third-order valence-corrected chi connectivity index (χ3v) is 1.47. The van der Waals surface area contributed by atoms with Crippen LogP contribution in [0.5, 0.6) is 0 Å². The Hall–Kier alpha value is -2.23. The molecule has 0 amide bonds. The molecule has 0 unspecified atom stereocenters. The van der Waals surface area contributed by atoms with E-state index >= 15 is 0 Å². The Balaban J connectivity index is 2.36. The van der Waals surface area contributed by atoms with Crippen LogP contribution < -0.4 is 0 Å². The highest BCUT2D eigenvalue weighted by molar-refractivity contribution is 6.10. The van der Waals surface area contributed by atoms with E-state index in [1.165, 1.54) is 0 Å². The fourth-order valence-corrected chi connectivity index (χ4v) is 0.910. The molecule has 0 saturated carbocycles. The number of nitrogens with zero attached hydrogens (tertiary/aromatic N) is 6. The standard InChI is InChI=1S/C6H2N6O/c7-2-1-3(13)4-5-6(10-8-4)11-12-9-5/h1H2. The molecule has 2 aliphatic heterocycles. The predicted octanol–water partition coefficient (Wildman–Crippen LogP) is 0.926. The number of carbonyl (C=O) groups excluding carboxylic acids is 1. The minimum atomic E-state index is -0.410. The first-order chi connectivity index (χ1) is 6.33. The fourth-order valence-electron chi connectivity index (χ4n) is 0.910. The largest absolute Gasteiger partial charge is 0.291 e. The zero-order valence-corrected chi connectivity index (χ0v) is 6.30. The van der Waals surface area contributed by atoms with E-state index in [2.05, 4.69) is 25.7 Å². The zero-order valence-electron chi connectivity index (χ0n) is 6.30. The molecule has 0 aromatic carbocycles. The molecular weight excluding hydrogens is 172 g/mol. The van der Waals surface area contributed by atoms with E-state index in [4.69, 9.17) is 5.26 Å². The van der Waals surface area contributed by atoms with Crippen molar-refractivity contribution in [1.82, 2.24) is 0 Å². The number of hydrogen-bond donors (Lipinski definition) is 0. The van der Waals surface area contributed by atoms with Crippen LogP contribution in [0.4, 0.5) is 0 Å². The monoisotopic (exact) mass is 174 g/mol. The fraction of sp³-hybridized carbons (Fsp3) is 0.167. The summed E-state index contributed by atoms with van der Waals surface area (Å²) >= 11 is 0.